The van der Waals surface area contributed by atoms with Crippen LogP contribution in [0.2, 0.25) is 0 Å². The number of hydrogen-bond donors (Lipinski definition) is 0. The Hall–Kier alpha value is -1.29. The zero-order chi connectivity index (χ0) is 22.8. The highest BCUT2D eigenvalue weighted by molar-refractivity contribution is 7.89. The molecular formula is C22H32N2O5S2. The summed E-state index contributed by atoms with van der Waals surface area (Å²) in [6.07, 6.45) is 2.00. The predicted octanol–water partition coefficient (Wildman–Crippen LogP) is 2.33. The molecule has 4 rings (SSSR count). The molecule has 2 unspecified atom stereocenters. The summed E-state index contributed by atoms with van der Waals surface area (Å²) in [7, 11) is -7.35. The van der Waals surface area contributed by atoms with Gasteiger partial charge in [-0.05, 0) is 49.7 Å². The van der Waals surface area contributed by atoms with Crippen molar-refractivity contribution in [3.63, 3.8) is 0 Å². The molecule has 2 atom stereocenters. The SMILES string of the molecule is Cc1ccc(S(=O)(=O)N2CCN(S(=O)(=O)CC34CCC(CC3=O)C4(C)C)CC2)c(C)c1. The summed E-state index contributed by atoms with van der Waals surface area (Å²) in [5.41, 5.74) is 0.557. The lowest BCUT2D eigenvalue weighted by Crippen LogP contribution is -2.53. The van der Waals surface area contributed by atoms with E-state index in [4.69, 9.17) is 0 Å². The molecule has 1 aromatic carbocycles. The third-order valence-electron chi connectivity index (χ3n) is 8.11. The van der Waals surface area contributed by atoms with Gasteiger partial charge in [-0.2, -0.15) is 8.61 Å². The number of Topliss-reactive ketones (excluding diaryl/α,β-unsaturated/α-hetero) is 1. The lowest BCUT2D eigenvalue weighted by Gasteiger charge is -2.39. The number of fused-ring (bicyclic) bond motifs is 2. The average molecular weight is 469 g/mol. The highest BCUT2D eigenvalue weighted by Gasteiger charge is 2.65. The van der Waals surface area contributed by atoms with Crippen LogP contribution in [0.4, 0.5) is 0 Å². The molecule has 3 aliphatic rings. The van der Waals surface area contributed by atoms with Crippen LogP contribution in [0.1, 0.15) is 44.2 Å². The Balaban J connectivity index is 1.49. The van der Waals surface area contributed by atoms with E-state index in [1.165, 1.54) is 8.61 Å². The van der Waals surface area contributed by atoms with Crippen molar-refractivity contribution in [3.8, 4) is 0 Å². The maximum atomic E-state index is 13.3. The summed E-state index contributed by atoms with van der Waals surface area (Å²) in [5.74, 6) is 0.176. The number of carbonyl (C=O) groups is 1. The molecule has 0 N–H and O–H groups in total. The van der Waals surface area contributed by atoms with Crippen LogP contribution in [0.15, 0.2) is 23.1 Å². The van der Waals surface area contributed by atoms with Crippen molar-refractivity contribution in [2.75, 3.05) is 31.9 Å². The highest BCUT2D eigenvalue weighted by atomic mass is 32.2. The van der Waals surface area contributed by atoms with Crippen LogP contribution in [-0.4, -0.2) is 63.2 Å². The molecule has 172 valence electrons. The number of rotatable bonds is 5. The van der Waals surface area contributed by atoms with Crippen LogP contribution in [0.5, 0.6) is 0 Å². The number of carbonyl (C=O) groups excluding carboxylic acids is 1. The molecular weight excluding hydrogens is 436 g/mol. The van der Waals surface area contributed by atoms with Crippen LogP contribution < -0.4 is 0 Å². The first-order valence-corrected chi connectivity index (χ1v) is 13.9. The van der Waals surface area contributed by atoms with Gasteiger partial charge in [0.05, 0.1) is 10.6 Å². The molecule has 2 saturated carbocycles. The summed E-state index contributed by atoms with van der Waals surface area (Å²) in [4.78, 5) is 13.0. The fourth-order valence-electron chi connectivity index (χ4n) is 5.93. The van der Waals surface area contributed by atoms with Gasteiger partial charge in [0.25, 0.3) is 0 Å². The molecule has 1 heterocycles. The molecule has 7 nitrogen and oxygen atoms in total. The molecule has 0 aromatic heterocycles. The summed E-state index contributed by atoms with van der Waals surface area (Å²) in [5, 5.41) is 0. The van der Waals surface area contributed by atoms with Crippen LogP contribution >= 0.6 is 0 Å². The van der Waals surface area contributed by atoms with E-state index in [1.807, 2.05) is 26.8 Å². The van der Waals surface area contributed by atoms with Crippen molar-refractivity contribution in [1.29, 1.82) is 0 Å². The minimum Gasteiger partial charge on any atom is -0.299 e. The quantitative estimate of drug-likeness (QED) is 0.661. The van der Waals surface area contributed by atoms with Crippen LogP contribution in [0.3, 0.4) is 0 Å². The first-order valence-electron chi connectivity index (χ1n) is 10.9. The van der Waals surface area contributed by atoms with Gasteiger partial charge in [-0.3, -0.25) is 4.79 Å². The van der Waals surface area contributed by atoms with Crippen molar-refractivity contribution < 1.29 is 21.6 Å². The maximum absolute atomic E-state index is 13.3. The van der Waals surface area contributed by atoms with Crippen LogP contribution in [0.25, 0.3) is 0 Å². The predicted molar refractivity (Wildman–Crippen MR) is 119 cm³/mol. The van der Waals surface area contributed by atoms with Crippen LogP contribution in [0, 0.1) is 30.6 Å². The van der Waals surface area contributed by atoms with E-state index < -0.39 is 25.5 Å². The monoisotopic (exact) mass is 468 g/mol. The third-order valence-corrected chi connectivity index (χ3v) is 12.2. The Morgan fingerprint density at radius 1 is 1.00 bits per heavy atom. The first kappa shape index (κ1) is 22.9. The molecule has 1 saturated heterocycles. The van der Waals surface area contributed by atoms with Crippen molar-refractivity contribution >= 4 is 25.8 Å². The topological polar surface area (TPSA) is 91.8 Å². The lowest BCUT2D eigenvalue weighted by atomic mass is 9.70. The molecule has 0 radical (unpaired) electrons. The number of ketones is 1. The minimum absolute atomic E-state index is 0.0772. The second-order valence-electron chi connectivity index (χ2n) is 10.00. The Morgan fingerprint density at radius 2 is 1.61 bits per heavy atom. The fourth-order valence-corrected chi connectivity index (χ4v) is 9.76. The molecule has 2 bridgehead atoms. The zero-order valence-corrected chi connectivity index (χ0v) is 20.4. The van der Waals surface area contributed by atoms with E-state index in [-0.39, 0.29) is 53.9 Å². The summed E-state index contributed by atoms with van der Waals surface area (Å²) >= 11 is 0. The van der Waals surface area contributed by atoms with Gasteiger partial charge in [-0.15, -0.1) is 0 Å². The fraction of sp³-hybridized carbons (Fsp3) is 0.682. The van der Waals surface area contributed by atoms with Gasteiger partial charge >= 0.3 is 0 Å². The second-order valence-corrected chi connectivity index (χ2v) is 13.9. The van der Waals surface area contributed by atoms with E-state index in [2.05, 4.69) is 0 Å². The van der Waals surface area contributed by atoms with Crippen molar-refractivity contribution in [2.45, 2.75) is 51.9 Å². The highest BCUT2D eigenvalue weighted by Crippen LogP contribution is 2.64. The molecule has 31 heavy (non-hydrogen) atoms. The van der Waals surface area contributed by atoms with E-state index in [9.17, 15) is 21.6 Å². The largest absolute Gasteiger partial charge is 0.299 e. The number of sulfonamides is 2. The average Bonchev–Trinajstić information content (AvgIpc) is 3.02. The Kier molecular flexibility index (Phi) is 5.44. The third kappa shape index (κ3) is 3.48. The van der Waals surface area contributed by atoms with Gasteiger partial charge in [0, 0.05) is 38.0 Å². The van der Waals surface area contributed by atoms with Crippen molar-refractivity contribution in [2.24, 2.45) is 16.7 Å². The summed E-state index contributed by atoms with van der Waals surface area (Å²) < 4.78 is 55.5. The van der Waals surface area contributed by atoms with E-state index in [0.717, 1.165) is 12.0 Å². The molecule has 2 aliphatic carbocycles. The van der Waals surface area contributed by atoms with Crippen molar-refractivity contribution in [1.82, 2.24) is 8.61 Å². The standard InChI is InChI=1S/C22H32N2O5S2/c1-16-5-6-19(17(2)13-16)31(28,29)24-11-9-23(10-12-24)30(26,27)15-22-8-7-18(14-20(22)25)21(22,3)4/h5-6,13,18H,7-12,14-15H2,1-4H3. The number of piperazine rings is 1. The molecule has 1 aliphatic heterocycles. The second kappa shape index (κ2) is 7.37. The number of benzene rings is 1. The van der Waals surface area contributed by atoms with E-state index >= 15 is 0 Å². The van der Waals surface area contributed by atoms with E-state index in [0.29, 0.717) is 18.4 Å². The summed E-state index contributed by atoms with van der Waals surface area (Å²) in [6, 6.07) is 5.23. The molecule has 0 amide bonds. The Morgan fingerprint density at radius 3 is 2.13 bits per heavy atom. The van der Waals surface area contributed by atoms with E-state index in [1.54, 1.807) is 19.1 Å². The van der Waals surface area contributed by atoms with Gasteiger partial charge in [0.15, 0.2) is 0 Å². The molecule has 1 aromatic rings. The Bertz CT molecular complexity index is 1120. The first-order chi connectivity index (χ1) is 14.3. The Labute approximate surface area is 185 Å². The maximum Gasteiger partial charge on any atom is 0.243 e. The summed E-state index contributed by atoms with van der Waals surface area (Å²) in [6.45, 7) is 8.19. The lowest BCUT2D eigenvalue weighted by molar-refractivity contribution is -0.128. The van der Waals surface area contributed by atoms with Crippen molar-refractivity contribution in [3.05, 3.63) is 29.3 Å². The molecule has 0 spiro atoms. The molecule has 9 heteroatoms. The molecule has 3 fully saturated rings. The number of aryl methyl sites for hydroxylation is 2. The van der Waals surface area contributed by atoms with Gasteiger partial charge in [0.2, 0.25) is 20.0 Å². The number of hydrogen-bond acceptors (Lipinski definition) is 5. The van der Waals surface area contributed by atoms with Crippen LogP contribution in [-0.2, 0) is 24.8 Å². The zero-order valence-electron chi connectivity index (χ0n) is 18.7. The minimum atomic E-state index is -3.68. The van der Waals surface area contributed by atoms with Gasteiger partial charge in [-0.1, -0.05) is 31.5 Å². The van der Waals surface area contributed by atoms with Gasteiger partial charge in [-0.25, -0.2) is 16.8 Å². The normalized spacial score (nSPS) is 29.5. The number of nitrogens with zero attached hydrogens (tertiary/aromatic N) is 2. The van der Waals surface area contributed by atoms with Gasteiger partial charge < -0.3 is 0 Å². The van der Waals surface area contributed by atoms with Gasteiger partial charge in [0.1, 0.15) is 5.78 Å². The smallest absolute Gasteiger partial charge is 0.243 e.